The van der Waals surface area contributed by atoms with Crippen LogP contribution in [0.4, 0.5) is 0 Å². The summed E-state index contributed by atoms with van der Waals surface area (Å²) in [5, 5.41) is 1.04. The molecule has 0 fully saturated rings. The summed E-state index contributed by atoms with van der Waals surface area (Å²) in [5.41, 5.74) is 1.45. The fraction of sp³-hybridized carbons (Fsp3) is 0.167. The predicted molar refractivity (Wildman–Crippen MR) is 48.5 cm³/mol. The first-order valence-electron chi connectivity index (χ1n) is 3.22. The molecule has 62 valence electrons. The van der Waals surface area contributed by atoms with Crippen molar-refractivity contribution in [2.45, 2.75) is 5.03 Å². The Morgan fingerprint density at radius 1 is 1.50 bits per heavy atom. The first kappa shape index (κ1) is 7.82. The highest BCUT2D eigenvalue weighted by Crippen LogP contribution is 2.21. The number of nitrogens with one attached hydrogen (secondary N) is 1. The molecule has 0 saturated heterocycles. The molecule has 1 N–H and O–H groups in total. The number of hydrogen-bond acceptors (Lipinski definition) is 4. The van der Waals surface area contributed by atoms with E-state index in [0.29, 0.717) is 5.65 Å². The van der Waals surface area contributed by atoms with Gasteiger partial charge in [-0.1, -0.05) is 0 Å². The van der Waals surface area contributed by atoms with Crippen LogP contribution in [0.3, 0.4) is 0 Å². The molecule has 0 bridgehead atoms. The van der Waals surface area contributed by atoms with Crippen LogP contribution in [0.5, 0.6) is 0 Å². The fourth-order valence-corrected chi connectivity index (χ4v) is 1.67. The van der Waals surface area contributed by atoms with Crippen molar-refractivity contribution in [3.63, 3.8) is 0 Å². The standard InChI is InChI=1S/C6H5ClN4S/c1-12-5-3-4(9-2-8-3)10-6(7)11-5/h2H,1H3,(H,8,9,10,11). The molecular weight excluding hydrogens is 196 g/mol. The molecule has 2 rings (SSSR count). The molecule has 0 atom stereocenters. The highest BCUT2D eigenvalue weighted by molar-refractivity contribution is 7.98. The van der Waals surface area contributed by atoms with Gasteiger partial charge in [-0.25, -0.2) is 9.97 Å². The molecule has 0 radical (unpaired) electrons. The van der Waals surface area contributed by atoms with Crippen LogP contribution in [0, 0.1) is 0 Å². The second-order valence-electron chi connectivity index (χ2n) is 2.10. The molecule has 0 unspecified atom stereocenters. The summed E-state index contributed by atoms with van der Waals surface area (Å²) < 4.78 is 0. The summed E-state index contributed by atoms with van der Waals surface area (Å²) in [6.07, 6.45) is 3.50. The lowest BCUT2D eigenvalue weighted by Crippen LogP contribution is -1.87. The smallest absolute Gasteiger partial charge is 0.225 e. The Hall–Kier alpha value is -0.810. The van der Waals surface area contributed by atoms with Crippen LogP contribution in [0.1, 0.15) is 0 Å². The fourth-order valence-electron chi connectivity index (χ4n) is 0.926. The highest BCUT2D eigenvalue weighted by atomic mass is 35.5. The summed E-state index contributed by atoms with van der Waals surface area (Å²) in [5.74, 6) is 0. The zero-order valence-electron chi connectivity index (χ0n) is 6.21. The number of aromatic nitrogens is 4. The van der Waals surface area contributed by atoms with E-state index < -0.39 is 0 Å². The zero-order valence-corrected chi connectivity index (χ0v) is 7.78. The minimum absolute atomic E-state index is 0.246. The largest absolute Gasteiger partial charge is 0.329 e. The van der Waals surface area contributed by atoms with Gasteiger partial charge in [0.2, 0.25) is 5.28 Å². The van der Waals surface area contributed by atoms with E-state index in [9.17, 15) is 0 Å². The van der Waals surface area contributed by atoms with E-state index in [0.717, 1.165) is 10.5 Å². The van der Waals surface area contributed by atoms with Crippen molar-refractivity contribution in [1.82, 2.24) is 19.9 Å². The van der Waals surface area contributed by atoms with Gasteiger partial charge in [0.15, 0.2) is 5.65 Å². The molecule has 2 heterocycles. The number of thioether (sulfide) groups is 1. The van der Waals surface area contributed by atoms with Crippen LogP contribution < -0.4 is 0 Å². The third kappa shape index (κ3) is 1.15. The normalized spacial score (nSPS) is 10.8. The number of fused-ring (bicyclic) bond motifs is 1. The number of aromatic amines is 1. The van der Waals surface area contributed by atoms with E-state index >= 15 is 0 Å². The van der Waals surface area contributed by atoms with Gasteiger partial charge in [0.25, 0.3) is 0 Å². The van der Waals surface area contributed by atoms with E-state index in [1.807, 2.05) is 6.26 Å². The second-order valence-corrected chi connectivity index (χ2v) is 3.23. The van der Waals surface area contributed by atoms with Gasteiger partial charge in [-0.3, -0.25) is 0 Å². The van der Waals surface area contributed by atoms with Crippen LogP contribution in [0.15, 0.2) is 11.4 Å². The predicted octanol–water partition coefficient (Wildman–Crippen LogP) is 1.73. The molecule has 0 aliphatic heterocycles. The quantitative estimate of drug-likeness (QED) is 0.433. The van der Waals surface area contributed by atoms with Crippen molar-refractivity contribution in [2.75, 3.05) is 6.26 Å². The monoisotopic (exact) mass is 200 g/mol. The number of H-pyrrole nitrogens is 1. The van der Waals surface area contributed by atoms with E-state index in [-0.39, 0.29) is 5.28 Å². The maximum atomic E-state index is 5.68. The van der Waals surface area contributed by atoms with Gasteiger partial charge in [-0.2, -0.15) is 4.98 Å². The van der Waals surface area contributed by atoms with E-state index in [1.165, 1.54) is 11.8 Å². The SMILES string of the molecule is CSc1nc(Cl)nc2[nH]cnc12. The van der Waals surface area contributed by atoms with Crippen LogP contribution in [0.2, 0.25) is 5.28 Å². The van der Waals surface area contributed by atoms with Crippen molar-refractivity contribution in [3.8, 4) is 0 Å². The van der Waals surface area contributed by atoms with E-state index in [4.69, 9.17) is 11.6 Å². The van der Waals surface area contributed by atoms with Crippen molar-refractivity contribution in [3.05, 3.63) is 11.6 Å². The second kappa shape index (κ2) is 2.91. The molecule has 4 nitrogen and oxygen atoms in total. The third-order valence-corrected chi connectivity index (χ3v) is 2.25. The maximum Gasteiger partial charge on any atom is 0.225 e. The van der Waals surface area contributed by atoms with Crippen LogP contribution in [0.25, 0.3) is 11.2 Å². The van der Waals surface area contributed by atoms with Crippen molar-refractivity contribution in [1.29, 1.82) is 0 Å². The zero-order chi connectivity index (χ0) is 8.55. The topological polar surface area (TPSA) is 54.5 Å². The minimum Gasteiger partial charge on any atom is -0.329 e. The summed E-state index contributed by atoms with van der Waals surface area (Å²) in [4.78, 5) is 14.9. The van der Waals surface area contributed by atoms with Crippen molar-refractivity contribution in [2.24, 2.45) is 0 Å². The van der Waals surface area contributed by atoms with E-state index in [2.05, 4.69) is 19.9 Å². The first-order valence-corrected chi connectivity index (χ1v) is 4.82. The summed E-state index contributed by atoms with van der Waals surface area (Å²) >= 11 is 7.18. The number of halogens is 1. The Kier molecular flexibility index (Phi) is 1.90. The minimum atomic E-state index is 0.246. The lowest BCUT2D eigenvalue weighted by atomic mass is 10.6. The molecule has 0 spiro atoms. The number of rotatable bonds is 1. The average Bonchev–Trinajstić information content (AvgIpc) is 2.50. The summed E-state index contributed by atoms with van der Waals surface area (Å²) in [6.45, 7) is 0. The third-order valence-electron chi connectivity index (χ3n) is 1.41. The number of hydrogen-bond donors (Lipinski definition) is 1. The molecule has 0 saturated carbocycles. The van der Waals surface area contributed by atoms with Gasteiger partial charge in [-0.05, 0) is 17.9 Å². The number of nitrogens with zero attached hydrogens (tertiary/aromatic N) is 3. The highest BCUT2D eigenvalue weighted by Gasteiger charge is 2.06. The molecule has 0 aliphatic carbocycles. The van der Waals surface area contributed by atoms with Crippen molar-refractivity contribution < 1.29 is 0 Å². The van der Waals surface area contributed by atoms with Crippen molar-refractivity contribution >= 4 is 34.5 Å². The average molecular weight is 201 g/mol. The molecule has 12 heavy (non-hydrogen) atoms. The lowest BCUT2D eigenvalue weighted by molar-refractivity contribution is 1.09. The Bertz CT molecular complexity index is 413. The number of imidazole rings is 1. The Balaban J connectivity index is 2.80. The van der Waals surface area contributed by atoms with E-state index in [1.54, 1.807) is 6.33 Å². The van der Waals surface area contributed by atoms with Gasteiger partial charge >= 0.3 is 0 Å². The van der Waals surface area contributed by atoms with Crippen LogP contribution in [-0.2, 0) is 0 Å². The van der Waals surface area contributed by atoms with Crippen LogP contribution >= 0.6 is 23.4 Å². The molecule has 0 aliphatic rings. The Morgan fingerprint density at radius 2 is 2.33 bits per heavy atom. The summed E-state index contributed by atoms with van der Waals surface area (Å²) in [7, 11) is 0. The van der Waals surface area contributed by atoms with Gasteiger partial charge in [0, 0.05) is 0 Å². The first-order chi connectivity index (χ1) is 5.81. The van der Waals surface area contributed by atoms with Gasteiger partial charge in [0.05, 0.1) is 6.33 Å². The molecule has 0 amide bonds. The van der Waals surface area contributed by atoms with Crippen LogP contribution in [-0.4, -0.2) is 26.2 Å². The van der Waals surface area contributed by atoms with Gasteiger partial charge in [0.1, 0.15) is 10.5 Å². The molecule has 6 heteroatoms. The Labute approximate surface area is 77.8 Å². The maximum absolute atomic E-state index is 5.68. The molecule has 0 aromatic carbocycles. The molecular formula is C6H5ClN4S. The summed E-state index contributed by atoms with van der Waals surface area (Å²) in [6, 6.07) is 0. The van der Waals surface area contributed by atoms with Gasteiger partial charge in [-0.15, -0.1) is 11.8 Å². The lowest BCUT2D eigenvalue weighted by Gasteiger charge is -1.95. The van der Waals surface area contributed by atoms with Gasteiger partial charge < -0.3 is 4.98 Å². The molecule has 2 aromatic heterocycles. The Morgan fingerprint density at radius 3 is 3.08 bits per heavy atom. The molecule has 2 aromatic rings.